The Hall–Kier alpha value is -15.2. The molecule has 0 bridgehead atoms. The van der Waals surface area contributed by atoms with E-state index in [0.717, 1.165) is 95.7 Å². The number of carbonyl (C=O) groups excluding carboxylic acids is 3. The first-order chi connectivity index (χ1) is 68.4. The Bertz CT molecular complexity index is 7420. The van der Waals surface area contributed by atoms with Gasteiger partial charge < -0.3 is 30.2 Å². The highest BCUT2D eigenvalue weighted by Crippen LogP contribution is 2.68. The minimum absolute atomic E-state index is 0.00306. The number of aromatic nitrogens is 14. The first-order valence-corrected chi connectivity index (χ1v) is 45.6. The van der Waals surface area contributed by atoms with Gasteiger partial charge in [0, 0.05) is 160 Å². The normalized spacial score (nSPS) is 14.2. The molecule has 2 aliphatic carbocycles. The fraction of sp³-hybridized carbons (Fsp3) is 0.226. The van der Waals surface area contributed by atoms with E-state index in [-0.39, 0.29) is 61.8 Å². The number of esters is 2. The fourth-order valence-corrected chi connectivity index (χ4v) is 17.6. The molecule has 6 atom stereocenters. The minimum atomic E-state index is -3.40. The van der Waals surface area contributed by atoms with Gasteiger partial charge >= 0.3 is 19.6 Å². The first-order valence-electron chi connectivity index (χ1n) is 44.8. The second-order valence-electron chi connectivity index (χ2n) is 35.9. The molecule has 17 aromatic rings. The highest BCUT2D eigenvalue weighted by molar-refractivity contribution is 9.10. The average Bonchev–Trinajstić information content (AvgIpc) is 1.52. The van der Waals surface area contributed by atoms with E-state index in [9.17, 15) is 58.3 Å². The van der Waals surface area contributed by atoms with E-state index in [1.165, 1.54) is 67.9 Å². The van der Waals surface area contributed by atoms with Crippen molar-refractivity contribution in [2.24, 2.45) is 11.7 Å². The summed E-state index contributed by atoms with van der Waals surface area (Å²) in [5.74, 6) is -12.7. The Kier molecular flexibility index (Phi) is 32.2. The van der Waals surface area contributed by atoms with E-state index in [1.807, 2.05) is 84.9 Å². The van der Waals surface area contributed by atoms with Crippen LogP contribution in [0.3, 0.4) is 0 Å². The number of nitrogens with one attached hydrogen (secondary N) is 1. The molecule has 9 heterocycles. The monoisotopic (exact) mass is 2020 g/mol. The standard InChI is InChI=1S/C31H22F6N6O.C27H25F2N3O2.C21H16F2N4.C18H19BrF2N2O2.C9H7BNO2/c32-19-5-15(6-20(33)9-19)7-24(27-22(12-39-14-40-27)17-1-2-18-11-38-4-3-16(18)8-17)41-25(44)13-43-29-26(28(42-43)30(34)35)21-10-23(21)31(29,36)37;1-27(2,3)34-25(33)12-21(8-17-9-22(28)13-23(29)10-17)26-24(15-31-16-32-26)19-4-5-20-14-30-7-6-18(20)11-19;22-17-5-13(6-18(23)9-17)7-20(24)21-19(11-26-12-27-21)15-1-2-16-10-25-4-3-14(16)8-15;1-18(2,3)25-16(24)7-12(17-15(19)9-22-10-23-17)4-11-5-13(20)8-14(21)6-11;12-10-13-9-2-1-8-6-11-4-3-7(8)5-9/h1-6,8-9,11-12,14,21,23-24,30H,7,10,13H2,(H,41,44);4-7,9-11,13-16,21H,8,12H2,1-3H3;1-6,8-12,20H,7,24H2;5-6,8-10,12H,4,7H2,1-3H3;1-6,12H/t21?,23?,24-;21-;20-;12-;/m0101./s1. The largest absolute Gasteiger partial charge is 0.569 e. The molecule has 0 aliphatic heterocycles. The number of pyridine rings is 4. The highest BCUT2D eigenvalue weighted by atomic mass is 79.9. The summed E-state index contributed by atoms with van der Waals surface area (Å²) in [5.41, 5.74) is 11.6. The van der Waals surface area contributed by atoms with Crippen molar-refractivity contribution in [2.45, 2.75) is 146 Å². The van der Waals surface area contributed by atoms with Gasteiger partial charge in [-0.05, 0) is 265 Å². The Morgan fingerprint density at radius 1 is 0.455 bits per heavy atom. The summed E-state index contributed by atoms with van der Waals surface area (Å²) < 4.78 is 185. The summed E-state index contributed by atoms with van der Waals surface area (Å²) >= 11 is 3.37. The van der Waals surface area contributed by atoms with E-state index in [1.54, 1.807) is 122 Å². The molecule has 2 unspecified atom stereocenters. The molecule has 23 nitrogen and oxygen atoms in total. The number of nitrogens with two attached hydrogens (primary N) is 1. The number of halogens is 13. The Morgan fingerprint density at radius 3 is 1.24 bits per heavy atom. The highest BCUT2D eigenvalue weighted by Gasteiger charge is 2.67. The molecule has 19 rings (SSSR count). The van der Waals surface area contributed by atoms with E-state index in [2.05, 4.69) is 86.2 Å². The van der Waals surface area contributed by atoms with Gasteiger partial charge in [-0.3, -0.25) is 39.0 Å². The minimum Gasteiger partial charge on any atom is -0.537 e. The third-order valence-corrected chi connectivity index (χ3v) is 23.7. The fourth-order valence-electron chi connectivity index (χ4n) is 17.1. The van der Waals surface area contributed by atoms with Crippen LogP contribution in [-0.2, 0) is 62.0 Å². The van der Waals surface area contributed by atoms with E-state index in [4.69, 9.17) is 24.9 Å². The number of carbonyl (C=O) groups is 3. The number of alkyl halides is 4. The van der Waals surface area contributed by atoms with E-state index in [0.29, 0.717) is 73.6 Å². The number of fused-ring (bicyclic) bond motifs is 7. The second kappa shape index (κ2) is 45.1. The van der Waals surface area contributed by atoms with Gasteiger partial charge in [0.2, 0.25) is 5.91 Å². The number of nitrogens with zero attached hydrogens (tertiary/aromatic N) is 14. The van der Waals surface area contributed by atoms with Crippen molar-refractivity contribution in [1.29, 1.82) is 0 Å². The van der Waals surface area contributed by atoms with Gasteiger partial charge in [-0.25, -0.2) is 83.8 Å². The van der Waals surface area contributed by atoms with Crippen molar-refractivity contribution in [1.82, 2.24) is 74.9 Å². The van der Waals surface area contributed by atoms with Gasteiger partial charge in [0.05, 0.1) is 52.2 Å². The van der Waals surface area contributed by atoms with Crippen LogP contribution >= 0.6 is 15.9 Å². The molecule has 1 fully saturated rings. The van der Waals surface area contributed by atoms with Gasteiger partial charge in [-0.1, -0.05) is 36.4 Å². The molecule has 9 aromatic heterocycles. The molecular formula is C106H89BBrF12N16O7. The van der Waals surface area contributed by atoms with Crippen LogP contribution in [0.5, 0.6) is 5.75 Å². The zero-order valence-corrected chi connectivity index (χ0v) is 78.9. The molecular weight excluding hydrogens is 1930 g/mol. The summed E-state index contributed by atoms with van der Waals surface area (Å²) in [7, 11) is 0.669. The summed E-state index contributed by atoms with van der Waals surface area (Å²) in [4.78, 5) is 88.6. The maximum absolute atomic E-state index is 15.1. The Balaban J connectivity index is 0.000000140. The molecule has 2 aliphatic rings. The van der Waals surface area contributed by atoms with Crippen LogP contribution in [0.15, 0.2) is 274 Å². The van der Waals surface area contributed by atoms with Crippen molar-refractivity contribution in [3.63, 3.8) is 0 Å². The van der Waals surface area contributed by atoms with Crippen molar-refractivity contribution in [3.8, 4) is 39.1 Å². The predicted octanol–water partition coefficient (Wildman–Crippen LogP) is 22.4. The average molecular weight is 2020 g/mol. The molecule has 4 N–H and O–H groups in total. The Morgan fingerprint density at radius 2 is 0.825 bits per heavy atom. The molecule has 143 heavy (non-hydrogen) atoms. The molecule has 729 valence electrons. The molecule has 37 heteroatoms. The number of hydrogen-bond donors (Lipinski definition) is 3. The maximum Gasteiger partial charge on any atom is 0.569 e. The first kappa shape index (κ1) is 102. The lowest BCUT2D eigenvalue weighted by atomic mass is 9.88. The number of ether oxygens (including phenoxy) is 2. The Labute approximate surface area is 820 Å². The molecule has 1 radical (unpaired) electrons. The lowest BCUT2D eigenvalue weighted by Crippen LogP contribution is -2.35. The van der Waals surface area contributed by atoms with Crippen LogP contribution in [-0.4, -0.2) is 111 Å². The number of benzene rings is 8. The van der Waals surface area contributed by atoms with Crippen molar-refractivity contribution in [2.75, 3.05) is 0 Å². The lowest BCUT2D eigenvalue weighted by molar-refractivity contribution is -0.156. The SMILES string of the molecule is CC(C)(C)OC(=O)C[C@@H](Cc1cc(F)cc(F)c1)c1ncncc1-c1ccc2cnccc2c1.CC(C)(C)OC(=O)C[C@@H](Cc1cc(F)cc(F)c1)c1ncncc1Br.N[C@@H](Cc1cc(F)cc(F)c1)c1ncncc1-c1ccc2cnccc2c1.O=C(Cn1nc(C(F)F)c2c1C(F)(F)C1CC21)N[C@@H](Cc1cc(F)cc(F)c1)c1ncncc1-c1ccc2cnccc2c1.O[B]Oc1ccc2cnccc2c1. The number of rotatable bonds is 25. The number of hydrogen-bond acceptors (Lipinski definition) is 21. The quantitative estimate of drug-likeness (QED) is 0.0272. The topological polar surface area (TPSA) is 310 Å². The molecule has 1 saturated carbocycles. The summed E-state index contributed by atoms with van der Waals surface area (Å²) in [6, 6.07) is 41.9. The van der Waals surface area contributed by atoms with Crippen LogP contribution in [0.2, 0.25) is 0 Å². The maximum atomic E-state index is 15.1. The summed E-state index contributed by atoms with van der Waals surface area (Å²) in [6.45, 7) is 9.95. The number of amides is 1. The van der Waals surface area contributed by atoms with Crippen LogP contribution in [0.1, 0.15) is 159 Å². The lowest BCUT2D eigenvalue weighted by Gasteiger charge is -2.23. The van der Waals surface area contributed by atoms with Crippen LogP contribution in [0.25, 0.3) is 76.5 Å². The van der Waals surface area contributed by atoms with Crippen molar-refractivity contribution >= 4 is 84.6 Å². The molecule has 1 amide bonds. The van der Waals surface area contributed by atoms with Gasteiger partial charge in [-0.2, -0.15) is 13.9 Å². The predicted molar refractivity (Wildman–Crippen MR) is 515 cm³/mol. The van der Waals surface area contributed by atoms with Gasteiger partial charge in [-0.15, -0.1) is 0 Å². The molecule has 8 aromatic carbocycles. The van der Waals surface area contributed by atoms with E-state index >= 15 is 8.78 Å². The van der Waals surface area contributed by atoms with Crippen molar-refractivity contribution in [3.05, 3.63) is 383 Å². The third-order valence-electron chi connectivity index (χ3n) is 23.0. The van der Waals surface area contributed by atoms with Crippen LogP contribution in [0, 0.1) is 52.5 Å². The summed E-state index contributed by atoms with van der Waals surface area (Å²) in [5, 5.41) is 22.8. The van der Waals surface area contributed by atoms with Gasteiger partial charge in [0.1, 0.15) is 107 Å². The second-order valence-corrected chi connectivity index (χ2v) is 36.8. The smallest absolute Gasteiger partial charge is 0.537 e. The van der Waals surface area contributed by atoms with Gasteiger partial charge in [0.15, 0.2) is 0 Å². The van der Waals surface area contributed by atoms with E-state index < -0.39 is 142 Å². The van der Waals surface area contributed by atoms with Crippen LogP contribution in [0.4, 0.5) is 52.7 Å². The van der Waals surface area contributed by atoms with Crippen LogP contribution < -0.4 is 15.7 Å². The van der Waals surface area contributed by atoms with Crippen molar-refractivity contribution < 1.29 is 86.2 Å². The summed E-state index contributed by atoms with van der Waals surface area (Å²) in [6.07, 6.45) is 23.4. The zero-order valence-electron chi connectivity index (χ0n) is 77.3. The molecule has 0 spiro atoms. The molecule has 0 saturated heterocycles. The van der Waals surface area contributed by atoms with Gasteiger partial charge in [0.25, 0.3) is 12.3 Å². The third kappa shape index (κ3) is 26.7. The zero-order chi connectivity index (χ0) is 102.